The number of hydrogen-bond donors (Lipinski definition) is 1. The first kappa shape index (κ1) is 31.0. The summed E-state index contributed by atoms with van der Waals surface area (Å²) in [5.74, 6) is 1.46. The van der Waals surface area contributed by atoms with Gasteiger partial charge < -0.3 is 14.3 Å². The maximum Gasteiger partial charge on any atom is 0.226 e. The van der Waals surface area contributed by atoms with Crippen molar-refractivity contribution in [2.45, 2.75) is 47.5 Å². The van der Waals surface area contributed by atoms with E-state index in [-0.39, 0.29) is 38.5 Å². The molecule has 0 aliphatic carbocycles. The molecule has 6 heteroatoms. The summed E-state index contributed by atoms with van der Waals surface area (Å²) < 4.78 is 5.83. The Hall–Kier alpha value is -2.24. The number of aromatic nitrogens is 1. The van der Waals surface area contributed by atoms with Crippen molar-refractivity contribution in [1.82, 2.24) is 4.98 Å². The van der Waals surface area contributed by atoms with Crippen LogP contribution >= 0.6 is 0 Å². The van der Waals surface area contributed by atoms with E-state index in [9.17, 15) is 4.79 Å². The van der Waals surface area contributed by atoms with E-state index in [1.165, 1.54) is 0 Å². The number of aliphatic hydroxyl groups excluding tert-OH is 1. The average molecular weight is 498 g/mol. The fourth-order valence-electron chi connectivity index (χ4n) is 2.48. The third kappa shape index (κ3) is 11.1. The zero-order valence-corrected chi connectivity index (χ0v) is 21.9. The van der Waals surface area contributed by atoms with E-state index in [4.69, 9.17) is 14.3 Å². The third-order valence-corrected chi connectivity index (χ3v) is 3.74. The minimum atomic E-state index is 0. The number of carbonyl (C=O) groups excluding carboxylic acids is 1. The van der Waals surface area contributed by atoms with Gasteiger partial charge in [0.15, 0.2) is 5.78 Å². The Morgan fingerprint density at radius 2 is 1.65 bits per heavy atom. The monoisotopic (exact) mass is 498 g/mol. The molecule has 1 N–H and O–H groups in total. The molecule has 0 atom stereocenters. The molecule has 0 amide bonds. The summed E-state index contributed by atoms with van der Waals surface area (Å²) in [4.78, 5) is 25.0. The first-order valence-corrected chi connectivity index (χ1v) is 10.0. The van der Waals surface area contributed by atoms with Crippen LogP contribution in [0.1, 0.15) is 61.5 Å². The van der Waals surface area contributed by atoms with E-state index in [1.54, 1.807) is 0 Å². The molecular weight excluding hydrogens is 467 g/mol. The number of aryl methyl sites for hydroxylation is 2. The maximum absolute atomic E-state index is 12.3. The van der Waals surface area contributed by atoms with Crippen LogP contribution in [-0.2, 0) is 43.9 Å². The van der Waals surface area contributed by atoms with E-state index in [1.807, 2.05) is 89.2 Å². The normalized spacial score (nSPS) is 8.68. The Morgan fingerprint density at radius 3 is 2.19 bits per heavy atom. The molecule has 0 bridgehead atoms. The fourth-order valence-corrected chi connectivity index (χ4v) is 2.48. The van der Waals surface area contributed by atoms with Crippen molar-refractivity contribution in [3.63, 3.8) is 0 Å². The molecule has 1 radical (unpaired) electrons. The van der Waals surface area contributed by atoms with Gasteiger partial charge in [0.05, 0.1) is 5.69 Å². The van der Waals surface area contributed by atoms with Crippen LogP contribution in [0.4, 0.5) is 0 Å². The number of oxazole rings is 1. The zero-order chi connectivity index (χ0) is 22.9. The standard InChI is InChI=1S/C20H18NO2.2C2H6.CHO2.Y/c1-14-7-6-10-17(13-14)18(22)11-12-19-15(2)21-20(23-19)16-8-4-3-5-9-16;2*1-2;2-1-3;/h3-10,13H,1,11-12H2,2H3;2*1-2H3;(H,2,3);/q-1;;;-1;. The summed E-state index contributed by atoms with van der Waals surface area (Å²) in [6, 6.07) is 17.1. The van der Waals surface area contributed by atoms with Crippen molar-refractivity contribution >= 4 is 12.3 Å². The Labute approximate surface area is 211 Å². The van der Waals surface area contributed by atoms with Crippen LogP contribution in [-0.4, -0.2) is 22.3 Å². The number of rotatable bonds is 5. The van der Waals surface area contributed by atoms with E-state index in [0.717, 1.165) is 22.6 Å². The second-order valence-corrected chi connectivity index (χ2v) is 5.61. The van der Waals surface area contributed by atoms with Crippen LogP contribution in [0.15, 0.2) is 59.0 Å². The topological polar surface area (TPSA) is 80.4 Å². The maximum atomic E-state index is 12.3. The van der Waals surface area contributed by atoms with Gasteiger partial charge in [0.2, 0.25) is 5.89 Å². The quantitative estimate of drug-likeness (QED) is 0.330. The molecule has 3 rings (SSSR count). The molecular formula is C25H31NO4Y-2. The van der Waals surface area contributed by atoms with Gasteiger partial charge in [-0.3, -0.25) is 4.79 Å². The van der Waals surface area contributed by atoms with Crippen molar-refractivity contribution in [2.75, 3.05) is 0 Å². The molecule has 1 aromatic heterocycles. The predicted octanol–water partition coefficient (Wildman–Crippen LogP) is 6.31. The average Bonchev–Trinajstić information content (AvgIpc) is 3.16. The van der Waals surface area contributed by atoms with E-state index in [2.05, 4.69) is 11.9 Å². The predicted molar refractivity (Wildman–Crippen MR) is 121 cm³/mol. The van der Waals surface area contributed by atoms with E-state index >= 15 is 0 Å². The van der Waals surface area contributed by atoms with Crippen molar-refractivity contribution < 1.29 is 51.8 Å². The second-order valence-electron chi connectivity index (χ2n) is 5.61. The molecule has 5 nitrogen and oxygen atoms in total. The van der Waals surface area contributed by atoms with Gasteiger partial charge in [0.25, 0.3) is 0 Å². The van der Waals surface area contributed by atoms with Crippen LogP contribution in [0.25, 0.3) is 11.5 Å². The summed E-state index contributed by atoms with van der Waals surface area (Å²) in [5.41, 5.74) is 3.32. The van der Waals surface area contributed by atoms with Crippen LogP contribution in [0.2, 0.25) is 0 Å². The van der Waals surface area contributed by atoms with Crippen LogP contribution in [0.3, 0.4) is 0 Å². The van der Waals surface area contributed by atoms with E-state index < -0.39 is 0 Å². The van der Waals surface area contributed by atoms with Crippen molar-refractivity contribution in [2.24, 2.45) is 0 Å². The van der Waals surface area contributed by atoms with Crippen LogP contribution in [0.5, 0.6) is 0 Å². The largest absolute Gasteiger partial charge is 0.665 e. The Kier molecular flexibility index (Phi) is 18.5. The molecule has 0 spiro atoms. The molecule has 0 saturated heterocycles. The minimum Gasteiger partial charge on any atom is -0.665 e. The van der Waals surface area contributed by atoms with Gasteiger partial charge in [0.1, 0.15) is 5.76 Å². The summed E-state index contributed by atoms with van der Waals surface area (Å²) in [6.07, 6.45) is 0.944. The number of hydrogen-bond acceptors (Lipinski definition) is 4. The molecule has 0 aliphatic heterocycles. The number of benzene rings is 2. The molecule has 2 aromatic carbocycles. The first-order valence-electron chi connectivity index (χ1n) is 10.0. The van der Waals surface area contributed by atoms with Gasteiger partial charge in [-0.1, -0.05) is 58.4 Å². The summed E-state index contributed by atoms with van der Waals surface area (Å²) in [6.45, 7) is 14.3. The number of nitrogens with zero attached hydrogens (tertiary/aromatic N) is 1. The van der Waals surface area contributed by atoms with Crippen LogP contribution in [0, 0.1) is 13.8 Å². The van der Waals surface area contributed by atoms with Crippen LogP contribution < -0.4 is 0 Å². The Balaban J connectivity index is 0. The van der Waals surface area contributed by atoms with E-state index in [0.29, 0.717) is 30.8 Å². The van der Waals surface area contributed by atoms with Gasteiger partial charge >= 0.3 is 0 Å². The smallest absolute Gasteiger partial charge is 0.226 e. The molecule has 3 aromatic rings. The third-order valence-electron chi connectivity index (χ3n) is 3.74. The molecule has 0 aliphatic rings. The molecule has 1 heterocycles. The van der Waals surface area contributed by atoms with Gasteiger partial charge in [0, 0.05) is 51.1 Å². The SMILES string of the molecule is CC.CC.O=[C-]O.[CH2-]c1cccc(C(=O)CCc2oc(-c3ccccc3)nc2C)c1.[Y]. The minimum absolute atomic E-state index is 0. The summed E-state index contributed by atoms with van der Waals surface area (Å²) in [7, 11) is 0. The Bertz CT molecular complexity index is 876. The molecule has 0 unspecified atom stereocenters. The van der Waals surface area contributed by atoms with Gasteiger partial charge in [-0.2, -0.15) is 24.6 Å². The first-order chi connectivity index (χ1) is 14.5. The second kappa shape index (κ2) is 18.5. The summed E-state index contributed by atoms with van der Waals surface area (Å²) >= 11 is 0. The van der Waals surface area contributed by atoms with Gasteiger partial charge in [-0.05, 0) is 24.6 Å². The molecule has 31 heavy (non-hydrogen) atoms. The molecule has 165 valence electrons. The summed E-state index contributed by atoms with van der Waals surface area (Å²) in [5, 5.41) is 6.76. The van der Waals surface area contributed by atoms with Crippen molar-refractivity contribution in [3.8, 4) is 11.5 Å². The fraction of sp³-hybridized carbons (Fsp3) is 0.280. The number of ketones is 1. The van der Waals surface area contributed by atoms with Crippen molar-refractivity contribution in [1.29, 1.82) is 0 Å². The number of Topliss-reactive ketones (excluding diaryl/α,β-unsaturated/α-hetero) is 1. The van der Waals surface area contributed by atoms with Crippen molar-refractivity contribution in [3.05, 3.63) is 84.1 Å². The Morgan fingerprint density at radius 1 is 1.06 bits per heavy atom. The van der Waals surface area contributed by atoms with Gasteiger partial charge in [-0.15, -0.1) is 6.07 Å². The number of carbonyl (C=O) groups is 1. The molecule has 0 fully saturated rings. The van der Waals surface area contributed by atoms with Gasteiger partial charge in [-0.25, -0.2) is 4.98 Å². The zero-order valence-electron chi connectivity index (χ0n) is 19.0. The molecule has 0 saturated carbocycles.